The highest BCUT2D eigenvalue weighted by molar-refractivity contribution is 6.36. The number of ether oxygens (including phenoxy) is 3. The lowest BCUT2D eigenvalue weighted by Crippen LogP contribution is -2.52. The average Bonchev–Trinajstić information content (AvgIpc) is 3.44. The fourth-order valence-corrected chi connectivity index (χ4v) is 4.53. The number of benzene rings is 1. The number of carbonyl (C=O) groups is 2. The molecule has 1 N–H and O–H groups in total. The van der Waals surface area contributed by atoms with Crippen LogP contribution in [0.5, 0.6) is 11.5 Å². The summed E-state index contributed by atoms with van der Waals surface area (Å²) in [6.45, 7) is 6.25. The zero-order valence-electron chi connectivity index (χ0n) is 21.7. The molecule has 0 aliphatic carbocycles. The van der Waals surface area contributed by atoms with Crippen LogP contribution in [-0.4, -0.2) is 67.7 Å². The molecule has 1 fully saturated rings. The SMILES string of the molecule is COc1ccc2c(O[C@@H]3CN(C(=O)OC(C)(C)C)[C@](C)(C(=O)O)C3)cc(-n3ccc(C(F)(F)F)n3)nc2c1Cl. The molecule has 0 saturated carbocycles. The molecule has 1 aliphatic rings. The largest absolute Gasteiger partial charge is 0.495 e. The predicted molar refractivity (Wildman–Crippen MR) is 133 cm³/mol. The normalized spacial score (nSPS) is 19.8. The minimum absolute atomic E-state index is 0.0360. The summed E-state index contributed by atoms with van der Waals surface area (Å²) in [7, 11) is 1.40. The molecule has 4 rings (SSSR count). The van der Waals surface area contributed by atoms with E-state index in [1.165, 1.54) is 20.1 Å². The average molecular weight is 571 g/mol. The second-order valence-electron chi connectivity index (χ2n) is 10.2. The lowest BCUT2D eigenvalue weighted by atomic mass is 9.98. The number of rotatable bonds is 5. The second-order valence-corrected chi connectivity index (χ2v) is 10.6. The van der Waals surface area contributed by atoms with E-state index in [9.17, 15) is 27.9 Å². The number of hydrogen-bond donors (Lipinski definition) is 1. The van der Waals surface area contributed by atoms with Crippen LogP contribution in [-0.2, 0) is 15.7 Å². The molecule has 0 bridgehead atoms. The molecule has 1 amide bonds. The van der Waals surface area contributed by atoms with Crippen LogP contribution in [0, 0.1) is 0 Å². The molecule has 2 atom stereocenters. The van der Waals surface area contributed by atoms with Crippen molar-refractivity contribution in [2.75, 3.05) is 13.7 Å². The molecule has 3 heterocycles. The molecule has 14 heteroatoms. The van der Waals surface area contributed by atoms with Gasteiger partial charge in [-0.05, 0) is 45.9 Å². The van der Waals surface area contributed by atoms with Gasteiger partial charge >= 0.3 is 18.2 Å². The molecule has 1 aromatic carbocycles. The zero-order valence-corrected chi connectivity index (χ0v) is 22.4. The van der Waals surface area contributed by atoms with Gasteiger partial charge in [-0.2, -0.15) is 18.3 Å². The third kappa shape index (κ3) is 5.54. The summed E-state index contributed by atoms with van der Waals surface area (Å²) in [6, 6.07) is 5.34. The van der Waals surface area contributed by atoms with Crippen LogP contribution in [0.3, 0.4) is 0 Å². The number of alkyl halides is 3. The molecule has 2 aromatic heterocycles. The Morgan fingerprint density at radius 2 is 1.87 bits per heavy atom. The van der Waals surface area contributed by atoms with E-state index in [0.717, 1.165) is 21.8 Å². The zero-order chi connectivity index (χ0) is 28.9. The Labute approximate surface area is 226 Å². The van der Waals surface area contributed by atoms with Gasteiger partial charge in [0.2, 0.25) is 0 Å². The molecular formula is C25H26ClF3N4O6. The molecule has 1 saturated heterocycles. The summed E-state index contributed by atoms with van der Waals surface area (Å²) in [5, 5.41) is 14.0. The van der Waals surface area contributed by atoms with Crippen molar-refractivity contribution in [1.29, 1.82) is 0 Å². The van der Waals surface area contributed by atoms with Gasteiger partial charge < -0.3 is 19.3 Å². The Bertz CT molecular complexity index is 1440. The molecule has 0 unspecified atom stereocenters. The minimum atomic E-state index is -4.67. The number of pyridine rings is 1. The summed E-state index contributed by atoms with van der Waals surface area (Å²) in [5.74, 6) is -0.867. The highest BCUT2D eigenvalue weighted by atomic mass is 35.5. The summed E-state index contributed by atoms with van der Waals surface area (Å²) in [4.78, 5) is 30.6. The molecule has 39 heavy (non-hydrogen) atoms. The monoisotopic (exact) mass is 570 g/mol. The number of likely N-dealkylation sites (tertiary alicyclic amines) is 1. The quantitative estimate of drug-likeness (QED) is 0.437. The molecular weight excluding hydrogens is 545 g/mol. The lowest BCUT2D eigenvalue weighted by Gasteiger charge is -2.32. The van der Waals surface area contributed by atoms with Crippen LogP contribution in [0.4, 0.5) is 18.0 Å². The third-order valence-corrected chi connectivity index (χ3v) is 6.51. The van der Waals surface area contributed by atoms with Crippen LogP contribution in [0.25, 0.3) is 16.7 Å². The fraction of sp³-hybridized carbons (Fsp3) is 0.440. The van der Waals surface area contributed by atoms with E-state index >= 15 is 0 Å². The van der Waals surface area contributed by atoms with Gasteiger partial charge in [-0.3, -0.25) is 4.90 Å². The Morgan fingerprint density at radius 3 is 2.44 bits per heavy atom. The Balaban J connectivity index is 1.77. The van der Waals surface area contributed by atoms with Gasteiger partial charge in [0.25, 0.3) is 0 Å². The fourth-order valence-electron chi connectivity index (χ4n) is 4.25. The first-order valence-corrected chi connectivity index (χ1v) is 12.1. The van der Waals surface area contributed by atoms with Crippen molar-refractivity contribution in [3.8, 4) is 17.3 Å². The maximum atomic E-state index is 13.2. The van der Waals surface area contributed by atoms with Gasteiger partial charge in [0.05, 0.1) is 19.2 Å². The van der Waals surface area contributed by atoms with E-state index in [2.05, 4.69) is 10.1 Å². The van der Waals surface area contributed by atoms with E-state index < -0.39 is 41.2 Å². The van der Waals surface area contributed by atoms with Crippen molar-refractivity contribution in [1.82, 2.24) is 19.7 Å². The smallest absolute Gasteiger partial charge is 0.435 e. The van der Waals surface area contributed by atoms with Crippen LogP contribution >= 0.6 is 11.6 Å². The number of halogens is 4. The maximum absolute atomic E-state index is 13.2. The molecule has 1 aliphatic heterocycles. The first-order chi connectivity index (χ1) is 18.0. The van der Waals surface area contributed by atoms with Crippen molar-refractivity contribution < 1.29 is 42.1 Å². The number of nitrogens with zero attached hydrogens (tertiary/aromatic N) is 4. The lowest BCUT2D eigenvalue weighted by molar-refractivity contribution is -0.148. The van der Waals surface area contributed by atoms with Crippen LogP contribution < -0.4 is 9.47 Å². The van der Waals surface area contributed by atoms with Gasteiger partial charge in [-0.25, -0.2) is 19.3 Å². The van der Waals surface area contributed by atoms with Gasteiger partial charge in [0.15, 0.2) is 11.5 Å². The number of aliphatic carboxylic acids is 1. The van der Waals surface area contributed by atoms with Crippen LogP contribution in [0.15, 0.2) is 30.5 Å². The van der Waals surface area contributed by atoms with Gasteiger partial charge in [0.1, 0.15) is 33.8 Å². The molecule has 3 aromatic rings. The number of methoxy groups -OCH3 is 1. The maximum Gasteiger partial charge on any atom is 0.435 e. The van der Waals surface area contributed by atoms with Crippen LogP contribution in [0.2, 0.25) is 5.02 Å². The number of hydrogen-bond acceptors (Lipinski definition) is 7. The molecule has 0 radical (unpaired) electrons. The summed E-state index contributed by atoms with van der Waals surface area (Å²) < 4.78 is 57.3. The Kier molecular flexibility index (Phi) is 7.09. The number of carbonyl (C=O) groups excluding carboxylic acids is 1. The Hall–Kier alpha value is -3.74. The Morgan fingerprint density at radius 1 is 1.18 bits per heavy atom. The van der Waals surface area contributed by atoms with E-state index in [0.29, 0.717) is 5.39 Å². The van der Waals surface area contributed by atoms with Crippen molar-refractivity contribution in [2.24, 2.45) is 0 Å². The summed E-state index contributed by atoms with van der Waals surface area (Å²) in [6.07, 6.45) is -5.30. The van der Waals surface area contributed by atoms with Gasteiger partial charge in [-0.1, -0.05) is 11.6 Å². The number of carboxylic acid groups (broad SMARTS) is 1. The molecule has 10 nitrogen and oxygen atoms in total. The number of carboxylic acids is 1. The first-order valence-electron chi connectivity index (χ1n) is 11.7. The summed E-state index contributed by atoms with van der Waals surface area (Å²) >= 11 is 6.48. The van der Waals surface area contributed by atoms with E-state index in [4.69, 9.17) is 25.8 Å². The highest BCUT2D eigenvalue weighted by Crippen LogP contribution is 2.40. The number of fused-ring (bicyclic) bond motifs is 1. The van der Waals surface area contributed by atoms with Crippen molar-refractivity contribution in [3.63, 3.8) is 0 Å². The minimum Gasteiger partial charge on any atom is -0.495 e. The second kappa shape index (κ2) is 9.78. The first kappa shape index (κ1) is 28.3. The highest BCUT2D eigenvalue weighted by Gasteiger charge is 2.52. The predicted octanol–water partition coefficient (Wildman–Crippen LogP) is 5.33. The van der Waals surface area contributed by atoms with E-state index in [1.807, 2.05) is 0 Å². The van der Waals surface area contributed by atoms with Crippen LogP contribution in [0.1, 0.15) is 39.8 Å². The van der Waals surface area contributed by atoms with Crippen molar-refractivity contribution in [2.45, 2.75) is 57.5 Å². The standard InChI is InChI=1S/C25H26ClF3N4O6/c1-23(2,3)39-22(36)32-12-13(11-24(32,4)21(34)35)38-16-10-18(33-9-8-17(31-33)25(27,28)29)30-20-14(16)6-7-15(37-5)19(20)26/h6-10,13H,11-12H2,1-5H3,(H,34,35)/t13-,24-/m0/s1. The van der Waals surface area contributed by atoms with E-state index in [-0.39, 0.29) is 40.8 Å². The number of aromatic nitrogens is 3. The van der Waals surface area contributed by atoms with Gasteiger partial charge in [-0.15, -0.1) is 0 Å². The van der Waals surface area contributed by atoms with E-state index in [1.54, 1.807) is 32.9 Å². The number of amides is 1. The third-order valence-electron chi connectivity index (χ3n) is 6.14. The van der Waals surface area contributed by atoms with Crippen molar-refractivity contribution >= 4 is 34.6 Å². The topological polar surface area (TPSA) is 116 Å². The van der Waals surface area contributed by atoms with Gasteiger partial charge in [0, 0.05) is 24.1 Å². The molecule has 210 valence electrons. The molecule has 0 spiro atoms. The van der Waals surface area contributed by atoms with Crippen molar-refractivity contribution in [3.05, 3.63) is 41.2 Å². The summed E-state index contributed by atoms with van der Waals surface area (Å²) in [5.41, 5.74) is -3.45.